The van der Waals surface area contributed by atoms with Gasteiger partial charge in [-0.05, 0) is 13.8 Å². The molecule has 0 amide bonds. The molecule has 0 aliphatic carbocycles. The van der Waals surface area contributed by atoms with E-state index in [1.54, 1.807) is 0 Å². The highest BCUT2D eigenvalue weighted by molar-refractivity contribution is 7.46. The van der Waals surface area contributed by atoms with Crippen molar-refractivity contribution < 1.29 is 9.05 Å². The van der Waals surface area contributed by atoms with Crippen molar-refractivity contribution in [3.8, 4) is 0 Å². The lowest BCUT2D eigenvalue weighted by molar-refractivity contribution is 0.187. The van der Waals surface area contributed by atoms with E-state index in [1.165, 1.54) is 0 Å². The smallest absolute Gasteiger partial charge is 0.167 e. The van der Waals surface area contributed by atoms with Crippen molar-refractivity contribution in [3.63, 3.8) is 0 Å². The van der Waals surface area contributed by atoms with E-state index < -0.39 is 8.38 Å². The van der Waals surface area contributed by atoms with E-state index in [-0.39, 0.29) is 0 Å². The largest absolute Gasteiger partial charge is 0.328 e. The third kappa shape index (κ3) is 1.19. The Labute approximate surface area is 51.1 Å². The van der Waals surface area contributed by atoms with Crippen LogP contribution < -0.4 is 0 Å². The third-order valence-corrected chi connectivity index (χ3v) is 2.55. The van der Waals surface area contributed by atoms with Gasteiger partial charge in [0, 0.05) is 6.66 Å². The van der Waals surface area contributed by atoms with Gasteiger partial charge in [0.25, 0.3) is 0 Å². The highest BCUT2D eigenvalue weighted by Gasteiger charge is 2.26. The van der Waals surface area contributed by atoms with Crippen LogP contribution in [0.25, 0.3) is 0 Å². The van der Waals surface area contributed by atoms with Gasteiger partial charge in [-0.15, -0.1) is 0 Å². The molecule has 0 radical (unpaired) electrons. The van der Waals surface area contributed by atoms with Gasteiger partial charge < -0.3 is 9.05 Å². The molecule has 2 nitrogen and oxygen atoms in total. The first-order valence-corrected chi connectivity index (χ1v) is 4.40. The van der Waals surface area contributed by atoms with Crippen molar-refractivity contribution in [2.45, 2.75) is 26.1 Å². The Kier molecular flexibility index (Phi) is 1.86. The van der Waals surface area contributed by atoms with Crippen molar-refractivity contribution in [1.29, 1.82) is 0 Å². The molecule has 1 rings (SSSR count). The fourth-order valence-electron chi connectivity index (χ4n) is 0.665. The van der Waals surface area contributed by atoms with Crippen molar-refractivity contribution >= 4 is 8.38 Å². The molecule has 1 heterocycles. The van der Waals surface area contributed by atoms with E-state index in [1.807, 2.05) is 20.5 Å². The lowest BCUT2D eigenvalue weighted by atomic mass is 10.3. The molecule has 0 aromatic carbocycles. The zero-order valence-corrected chi connectivity index (χ0v) is 6.31. The van der Waals surface area contributed by atoms with Crippen LogP contribution in [-0.4, -0.2) is 18.9 Å². The topological polar surface area (TPSA) is 18.5 Å². The number of rotatable bonds is 0. The van der Waals surface area contributed by atoms with Crippen LogP contribution in [0.2, 0.25) is 0 Å². The molecule has 0 aromatic heterocycles. The van der Waals surface area contributed by atoms with Gasteiger partial charge in [0.05, 0.1) is 12.2 Å². The average molecular weight is 134 g/mol. The molecule has 0 N–H and O–H groups in total. The maximum Gasteiger partial charge on any atom is 0.167 e. The monoisotopic (exact) mass is 134 g/mol. The molecule has 1 aliphatic heterocycles. The van der Waals surface area contributed by atoms with Gasteiger partial charge >= 0.3 is 0 Å². The van der Waals surface area contributed by atoms with Crippen molar-refractivity contribution in [2.75, 3.05) is 6.66 Å². The van der Waals surface area contributed by atoms with Crippen molar-refractivity contribution in [2.24, 2.45) is 0 Å². The Morgan fingerprint density at radius 1 is 1.12 bits per heavy atom. The Bertz CT molecular complexity index is 76.5. The van der Waals surface area contributed by atoms with E-state index in [9.17, 15) is 0 Å². The maximum atomic E-state index is 5.32. The van der Waals surface area contributed by atoms with Gasteiger partial charge in [-0.25, -0.2) is 0 Å². The summed E-state index contributed by atoms with van der Waals surface area (Å²) in [4.78, 5) is 0. The zero-order chi connectivity index (χ0) is 6.15. The zero-order valence-electron chi connectivity index (χ0n) is 5.42. The van der Waals surface area contributed by atoms with Crippen LogP contribution in [0.5, 0.6) is 0 Å². The minimum absolute atomic E-state index is 0.297. The van der Waals surface area contributed by atoms with Crippen LogP contribution in [-0.2, 0) is 9.05 Å². The molecule has 0 saturated carbocycles. The van der Waals surface area contributed by atoms with Gasteiger partial charge in [-0.1, -0.05) is 0 Å². The fraction of sp³-hybridized carbons (Fsp3) is 1.00. The quantitative estimate of drug-likeness (QED) is 0.470. The molecule has 1 fully saturated rings. The van der Waals surface area contributed by atoms with E-state index in [2.05, 4.69) is 0 Å². The summed E-state index contributed by atoms with van der Waals surface area (Å²) in [5.74, 6) is 0. The predicted octanol–water partition coefficient (Wildman–Crippen LogP) is 1.75. The Morgan fingerprint density at radius 3 is 1.62 bits per heavy atom. The summed E-state index contributed by atoms with van der Waals surface area (Å²) in [6.07, 6.45) is 0.595. The summed E-state index contributed by atoms with van der Waals surface area (Å²) in [7, 11) is -0.544. The molecule has 0 bridgehead atoms. The number of hydrogen-bond donors (Lipinski definition) is 0. The predicted molar refractivity (Wildman–Crippen MR) is 33.9 cm³/mol. The van der Waals surface area contributed by atoms with Gasteiger partial charge in [0.2, 0.25) is 0 Å². The first-order chi connectivity index (χ1) is 3.70. The lowest BCUT2D eigenvalue weighted by Crippen LogP contribution is -2.13. The SMILES string of the molecule is CC1OP(C)OC1C. The molecule has 2 unspecified atom stereocenters. The van der Waals surface area contributed by atoms with E-state index in [0.717, 1.165) is 0 Å². The van der Waals surface area contributed by atoms with E-state index in [4.69, 9.17) is 9.05 Å². The molecule has 1 aliphatic rings. The van der Waals surface area contributed by atoms with Crippen LogP contribution in [0.4, 0.5) is 0 Å². The van der Waals surface area contributed by atoms with Gasteiger partial charge in [0.1, 0.15) is 0 Å². The fourth-order valence-corrected chi connectivity index (χ4v) is 1.99. The van der Waals surface area contributed by atoms with Crippen LogP contribution in [0.1, 0.15) is 13.8 Å². The molecule has 3 heteroatoms. The summed E-state index contributed by atoms with van der Waals surface area (Å²) < 4.78 is 10.6. The standard InChI is InChI=1S/C5H11O2P/c1-4-5(2)7-8(3)6-4/h4-5H,1-3H3. The molecule has 0 spiro atoms. The van der Waals surface area contributed by atoms with Gasteiger partial charge in [-0.3, -0.25) is 0 Å². The van der Waals surface area contributed by atoms with Gasteiger partial charge in [0.15, 0.2) is 8.38 Å². The van der Waals surface area contributed by atoms with Gasteiger partial charge in [-0.2, -0.15) is 0 Å². The Morgan fingerprint density at radius 2 is 1.50 bits per heavy atom. The Balaban J connectivity index is 2.39. The summed E-state index contributed by atoms with van der Waals surface area (Å²) in [5, 5.41) is 0. The van der Waals surface area contributed by atoms with Crippen LogP contribution in [0.15, 0.2) is 0 Å². The minimum atomic E-state index is -0.544. The summed E-state index contributed by atoms with van der Waals surface area (Å²) in [6, 6.07) is 0. The maximum absolute atomic E-state index is 5.32. The minimum Gasteiger partial charge on any atom is -0.328 e. The first kappa shape index (κ1) is 6.47. The highest BCUT2D eigenvalue weighted by atomic mass is 31.2. The highest BCUT2D eigenvalue weighted by Crippen LogP contribution is 2.44. The third-order valence-electron chi connectivity index (χ3n) is 1.29. The molecule has 2 atom stereocenters. The molecule has 1 saturated heterocycles. The second kappa shape index (κ2) is 2.30. The summed E-state index contributed by atoms with van der Waals surface area (Å²) >= 11 is 0. The molecular formula is C5H11O2P. The lowest BCUT2D eigenvalue weighted by Gasteiger charge is -2.01. The second-order valence-corrected chi connectivity index (χ2v) is 3.36. The van der Waals surface area contributed by atoms with E-state index in [0.29, 0.717) is 12.2 Å². The van der Waals surface area contributed by atoms with Crippen molar-refractivity contribution in [1.82, 2.24) is 0 Å². The second-order valence-electron chi connectivity index (χ2n) is 2.06. The molecule has 8 heavy (non-hydrogen) atoms. The van der Waals surface area contributed by atoms with Crippen LogP contribution in [0, 0.1) is 0 Å². The summed E-state index contributed by atoms with van der Waals surface area (Å²) in [6.45, 7) is 6.06. The first-order valence-electron chi connectivity index (χ1n) is 2.77. The Hall–Kier alpha value is 0.350. The normalized spacial score (nSPS) is 47.6. The summed E-state index contributed by atoms with van der Waals surface area (Å²) in [5.41, 5.74) is 0. The van der Waals surface area contributed by atoms with Crippen molar-refractivity contribution in [3.05, 3.63) is 0 Å². The van der Waals surface area contributed by atoms with Crippen LogP contribution in [0.3, 0.4) is 0 Å². The molecule has 48 valence electrons. The van der Waals surface area contributed by atoms with E-state index >= 15 is 0 Å². The average Bonchev–Trinajstić information content (AvgIpc) is 1.85. The van der Waals surface area contributed by atoms with Crippen LogP contribution >= 0.6 is 8.38 Å². The number of hydrogen-bond acceptors (Lipinski definition) is 2. The molecule has 0 aromatic rings. The molecular weight excluding hydrogens is 123 g/mol.